The van der Waals surface area contributed by atoms with Crippen LogP contribution in [0.4, 0.5) is 0 Å². The molecule has 1 atom stereocenters. The fourth-order valence-electron chi connectivity index (χ4n) is 1.61. The Morgan fingerprint density at radius 1 is 1.10 bits per heavy atom. The number of hydrogen-bond acceptors (Lipinski definition) is 3. The molecule has 112 valence electrons. The van der Waals surface area contributed by atoms with Gasteiger partial charge in [0.1, 0.15) is 6.04 Å². The highest BCUT2D eigenvalue weighted by molar-refractivity contribution is 5.96. The van der Waals surface area contributed by atoms with E-state index >= 15 is 0 Å². The van der Waals surface area contributed by atoms with Crippen LogP contribution in [0.25, 0.3) is 0 Å². The van der Waals surface area contributed by atoms with E-state index < -0.39 is 23.9 Å². The van der Waals surface area contributed by atoms with Crippen molar-refractivity contribution in [2.24, 2.45) is 0 Å². The van der Waals surface area contributed by atoms with Gasteiger partial charge in [-0.25, -0.2) is 4.79 Å². The van der Waals surface area contributed by atoms with E-state index in [0.717, 1.165) is 0 Å². The maximum atomic E-state index is 11.9. The summed E-state index contributed by atoms with van der Waals surface area (Å²) in [7, 11) is 0. The van der Waals surface area contributed by atoms with E-state index in [4.69, 9.17) is 10.2 Å². The summed E-state index contributed by atoms with van der Waals surface area (Å²) in [4.78, 5) is 33.3. The summed E-state index contributed by atoms with van der Waals surface area (Å²) < 4.78 is 0. The third kappa shape index (κ3) is 6.38. The summed E-state index contributed by atoms with van der Waals surface area (Å²) in [6.45, 7) is 0. The van der Waals surface area contributed by atoms with E-state index in [-0.39, 0.29) is 12.8 Å². The maximum absolute atomic E-state index is 11.9. The Bertz CT molecular complexity index is 524. The standard InChI is InChI=1S/C15H17NO5/c17-13(18)10-6-2-5-9-12(15(20)21)16-14(19)11-7-3-1-4-8-11/h1-5,7-8,12H,6,9-10H2,(H,16,19)(H,17,18)(H,20,21). The number of aliphatic carboxylic acids is 2. The van der Waals surface area contributed by atoms with Crippen LogP contribution in [0.3, 0.4) is 0 Å². The van der Waals surface area contributed by atoms with Crippen molar-refractivity contribution >= 4 is 17.8 Å². The molecule has 0 heterocycles. The zero-order chi connectivity index (χ0) is 15.7. The predicted molar refractivity (Wildman–Crippen MR) is 76.0 cm³/mol. The van der Waals surface area contributed by atoms with Crippen LogP contribution in [0.1, 0.15) is 29.6 Å². The molecule has 1 rings (SSSR count). The minimum Gasteiger partial charge on any atom is -0.481 e. The smallest absolute Gasteiger partial charge is 0.326 e. The Kier molecular flexibility index (Phi) is 6.67. The van der Waals surface area contributed by atoms with Gasteiger partial charge in [-0.1, -0.05) is 30.4 Å². The van der Waals surface area contributed by atoms with E-state index in [9.17, 15) is 14.4 Å². The quantitative estimate of drug-likeness (QED) is 0.632. The fourth-order valence-corrected chi connectivity index (χ4v) is 1.61. The lowest BCUT2D eigenvalue weighted by atomic mass is 10.1. The Morgan fingerprint density at radius 2 is 1.76 bits per heavy atom. The van der Waals surface area contributed by atoms with E-state index in [0.29, 0.717) is 12.0 Å². The third-order valence-electron chi connectivity index (χ3n) is 2.70. The van der Waals surface area contributed by atoms with Gasteiger partial charge in [0, 0.05) is 12.0 Å². The minimum atomic E-state index is -1.14. The van der Waals surface area contributed by atoms with Crippen molar-refractivity contribution in [2.75, 3.05) is 0 Å². The Balaban J connectivity index is 2.52. The summed E-state index contributed by atoms with van der Waals surface area (Å²) in [5, 5.41) is 20.0. The Labute approximate surface area is 122 Å². The minimum absolute atomic E-state index is 0.00931. The zero-order valence-corrected chi connectivity index (χ0v) is 11.4. The van der Waals surface area contributed by atoms with Gasteiger partial charge < -0.3 is 15.5 Å². The number of carboxylic acid groups (broad SMARTS) is 2. The zero-order valence-electron chi connectivity index (χ0n) is 11.4. The Morgan fingerprint density at radius 3 is 2.33 bits per heavy atom. The number of amides is 1. The molecule has 1 amide bonds. The molecule has 6 heteroatoms. The molecule has 1 unspecified atom stereocenters. The molecular weight excluding hydrogens is 274 g/mol. The van der Waals surface area contributed by atoms with E-state index in [2.05, 4.69) is 5.32 Å². The Hall–Kier alpha value is -2.63. The van der Waals surface area contributed by atoms with Crippen LogP contribution in [-0.2, 0) is 9.59 Å². The summed E-state index contributed by atoms with van der Waals surface area (Å²) in [6.07, 6.45) is 3.58. The highest BCUT2D eigenvalue weighted by Crippen LogP contribution is 2.02. The topological polar surface area (TPSA) is 104 Å². The molecule has 0 fully saturated rings. The predicted octanol–water partition coefficient (Wildman–Crippen LogP) is 1.68. The lowest BCUT2D eigenvalue weighted by Gasteiger charge is -2.12. The lowest BCUT2D eigenvalue weighted by Crippen LogP contribution is -2.40. The highest BCUT2D eigenvalue weighted by atomic mass is 16.4. The number of carbonyl (C=O) groups is 3. The molecule has 0 saturated heterocycles. The summed E-state index contributed by atoms with van der Waals surface area (Å²) in [5.74, 6) is -2.50. The van der Waals surface area contributed by atoms with Gasteiger partial charge in [0.25, 0.3) is 5.91 Å². The molecule has 0 aromatic heterocycles. The fraction of sp³-hybridized carbons (Fsp3) is 0.267. The molecule has 0 aliphatic carbocycles. The first kappa shape index (κ1) is 16.4. The van der Waals surface area contributed by atoms with Crippen LogP contribution < -0.4 is 5.32 Å². The first-order chi connectivity index (χ1) is 10.0. The van der Waals surface area contributed by atoms with Gasteiger partial charge in [0.05, 0.1) is 0 Å². The SMILES string of the molecule is O=C(O)CCC=CCC(NC(=O)c1ccccc1)C(=O)O. The number of carboxylic acids is 2. The summed E-state index contributed by atoms with van der Waals surface area (Å²) in [6, 6.07) is 7.29. The number of hydrogen-bond donors (Lipinski definition) is 3. The normalized spacial score (nSPS) is 12.0. The molecule has 0 radical (unpaired) electrons. The van der Waals surface area contributed by atoms with Crippen molar-refractivity contribution in [2.45, 2.75) is 25.3 Å². The molecule has 0 bridgehead atoms. The van der Waals surface area contributed by atoms with Crippen LogP contribution in [0.15, 0.2) is 42.5 Å². The monoisotopic (exact) mass is 291 g/mol. The number of carbonyl (C=O) groups excluding carboxylic acids is 1. The number of nitrogens with one attached hydrogen (secondary N) is 1. The third-order valence-corrected chi connectivity index (χ3v) is 2.70. The summed E-state index contributed by atoms with van der Waals surface area (Å²) >= 11 is 0. The highest BCUT2D eigenvalue weighted by Gasteiger charge is 2.18. The molecule has 0 spiro atoms. The average molecular weight is 291 g/mol. The van der Waals surface area contributed by atoms with E-state index in [1.165, 1.54) is 0 Å². The van der Waals surface area contributed by atoms with Gasteiger partial charge in [-0.05, 0) is 25.0 Å². The van der Waals surface area contributed by atoms with Gasteiger partial charge in [-0.15, -0.1) is 0 Å². The van der Waals surface area contributed by atoms with Crippen LogP contribution in [0, 0.1) is 0 Å². The summed E-state index contributed by atoms with van der Waals surface area (Å²) in [5.41, 5.74) is 0.388. The van der Waals surface area contributed by atoms with E-state index in [1.54, 1.807) is 42.5 Å². The van der Waals surface area contributed by atoms with Crippen LogP contribution in [0.5, 0.6) is 0 Å². The van der Waals surface area contributed by atoms with Crippen molar-refractivity contribution < 1.29 is 24.6 Å². The second kappa shape index (κ2) is 8.52. The van der Waals surface area contributed by atoms with Crippen LogP contribution in [0.2, 0.25) is 0 Å². The number of benzene rings is 1. The van der Waals surface area contributed by atoms with Gasteiger partial charge in [-0.3, -0.25) is 9.59 Å². The van der Waals surface area contributed by atoms with Gasteiger partial charge in [0.2, 0.25) is 0 Å². The van der Waals surface area contributed by atoms with Gasteiger partial charge in [0.15, 0.2) is 0 Å². The van der Waals surface area contributed by atoms with Crippen LogP contribution >= 0.6 is 0 Å². The van der Waals surface area contributed by atoms with Gasteiger partial charge in [-0.2, -0.15) is 0 Å². The molecule has 0 saturated carbocycles. The maximum Gasteiger partial charge on any atom is 0.326 e. The molecule has 3 N–H and O–H groups in total. The van der Waals surface area contributed by atoms with Crippen molar-refractivity contribution in [1.82, 2.24) is 5.32 Å². The van der Waals surface area contributed by atoms with Crippen LogP contribution in [-0.4, -0.2) is 34.1 Å². The molecule has 0 aliphatic rings. The molecule has 0 aliphatic heterocycles. The first-order valence-corrected chi connectivity index (χ1v) is 6.46. The van der Waals surface area contributed by atoms with Crippen molar-refractivity contribution in [3.05, 3.63) is 48.0 Å². The van der Waals surface area contributed by atoms with Gasteiger partial charge >= 0.3 is 11.9 Å². The average Bonchev–Trinajstić information content (AvgIpc) is 2.45. The van der Waals surface area contributed by atoms with Crippen molar-refractivity contribution in [3.63, 3.8) is 0 Å². The van der Waals surface area contributed by atoms with Crippen molar-refractivity contribution in [1.29, 1.82) is 0 Å². The molecule has 1 aromatic rings. The lowest BCUT2D eigenvalue weighted by molar-refractivity contribution is -0.139. The molecule has 1 aromatic carbocycles. The first-order valence-electron chi connectivity index (χ1n) is 6.46. The molecule has 21 heavy (non-hydrogen) atoms. The number of allylic oxidation sites excluding steroid dienone is 1. The van der Waals surface area contributed by atoms with E-state index in [1.807, 2.05) is 0 Å². The number of rotatable bonds is 8. The second-order valence-corrected chi connectivity index (χ2v) is 4.37. The second-order valence-electron chi connectivity index (χ2n) is 4.37. The molecule has 6 nitrogen and oxygen atoms in total. The largest absolute Gasteiger partial charge is 0.481 e. The van der Waals surface area contributed by atoms with Crippen molar-refractivity contribution in [3.8, 4) is 0 Å². The molecular formula is C15H17NO5.